The van der Waals surface area contributed by atoms with Gasteiger partial charge in [-0.15, -0.1) is 5.10 Å². The van der Waals surface area contributed by atoms with Crippen LogP contribution in [-0.2, 0) is 10.0 Å². The van der Waals surface area contributed by atoms with E-state index in [9.17, 15) is 8.42 Å². The molecule has 4 aromatic rings. The molecule has 0 spiro atoms. The summed E-state index contributed by atoms with van der Waals surface area (Å²) in [5, 5.41) is 7.81. The summed E-state index contributed by atoms with van der Waals surface area (Å²) in [7, 11) is -1.54. The van der Waals surface area contributed by atoms with Gasteiger partial charge in [-0.3, -0.25) is 0 Å². The van der Waals surface area contributed by atoms with E-state index in [1.807, 2.05) is 57.3 Å². The van der Waals surface area contributed by atoms with Crippen LogP contribution in [0.3, 0.4) is 0 Å². The Balaban J connectivity index is 1.39. The molecule has 1 aromatic carbocycles. The molecule has 1 aliphatic rings. The number of rotatable bonds is 6. The van der Waals surface area contributed by atoms with E-state index < -0.39 is 15.6 Å². The molecule has 0 unspecified atom stereocenters. The van der Waals surface area contributed by atoms with Gasteiger partial charge in [-0.2, -0.15) is 4.98 Å². The Hall–Kier alpha value is -3.54. The van der Waals surface area contributed by atoms with Crippen molar-refractivity contribution in [3.05, 3.63) is 60.8 Å². The first-order valence-corrected chi connectivity index (χ1v) is 13.7. The highest BCUT2D eigenvalue weighted by molar-refractivity contribution is 7.89. The molecule has 11 heteroatoms. The Kier molecular flexibility index (Phi) is 6.61. The van der Waals surface area contributed by atoms with Crippen molar-refractivity contribution in [2.45, 2.75) is 31.2 Å². The Labute approximate surface area is 217 Å². The lowest BCUT2D eigenvalue weighted by Gasteiger charge is -2.33. The van der Waals surface area contributed by atoms with E-state index >= 15 is 0 Å². The van der Waals surface area contributed by atoms with Crippen LogP contribution in [0, 0.1) is 0 Å². The first kappa shape index (κ1) is 25.1. The van der Waals surface area contributed by atoms with Crippen LogP contribution in [0.4, 0.5) is 17.5 Å². The second-order valence-corrected chi connectivity index (χ2v) is 12.0. The Morgan fingerprint density at radius 1 is 0.946 bits per heavy atom. The molecular weight excluding hydrogens is 488 g/mol. The first-order chi connectivity index (χ1) is 17.6. The zero-order chi connectivity index (χ0) is 26.2. The number of nitrogens with zero attached hydrogens (tertiary/aromatic N) is 6. The third-order valence-corrected chi connectivity index (χ3v) is 7.85. The predicted molar refractivity (Wildman–Crippen MR) is 146 cm³/mol. The van der Waals surface area contributed by atoms with Gasteiger partial charge >= 0.3 is 0 Å². The van der Waals surface area contributed by atoms with Crippen LogP contribution in [0.2, 0.25) is 0 Å². The molecule has 0 atom stereocenters. The quantitative estimate of drug-likeness (QED) is 0.399. The summed E-state index contributed by atoms with van der Waals surface area (Å²) >= 11 is 0. The second-order valence-electron chi connectivity index (χ2n) is 10.3. The van der Waals surface area contributed by atoms with Crippen LogP contribution < -0.4 is 14.9 Å². The van der Waals surface area contributed by atoms with Crippen molar-refractivity contribution in [3.63, 3.8) is 0 Å². The molecule has 0 saturated carbocycles. The number of benzene rings is 1. The van der Waals surface area contributed by atoms with Gasteiger partial charge in [-0.1, -0.05) is 18.2 Å². The van der Waals surface area contributed by atoms with E-state index in [1.165, 1.54) is 0 Å². The number of nitrogens with one attached hydrogen (secondary N) is 2. The zero-order valence-electron chi connectivity index (χ0n) is 21.5. The number of aromatic nitrogens is 4. The van der Waals surface area contributed by atoms with Crippen LogP contribution >= 0.6 is 0 Å². The summed E-state index contributed by atoms with van der Waals surface area (Å²) in [5.41, 5.74) is 2.59. The molecule has 3 aromatic heterocycles. The fourth-order valence-electron chi connectivity index (χ4n) is 4.29. The minimum Gasteiger partial charge on any atom is -0.368 e. The van der Waals surface area contributed by atoms with Gasteiger partial charge in [-0.25, -0.2) is 22.6 Å². The van der Waals surface area contributed by atoms with Crippen LogP contribution in [-0.4, -0.2) is 71.7 Å². The van der Waals surface area contributed by atoms with Gasteiger partial charge in [0.25, 0.3) is 0 Å². The molecule has 4 heterocycles. The number of sulfonamides is 1. The maximum Gasteiger partial charge on any atom is 0.248 e. The number of anilines is 3. The third-order valence-electron chi connectivity index (χ3n) is 6.10. The zero-order valence-corrected chi connectivity index (χ0v) is 22.3. The van der Waals surface area contributed by atoms with Gasteiger partial charge in [0.05, 0.1) is 22.5 Å². The van der Waals surface area contributed by atoms with Gasteiger partial charge in [0.15, 0.2) is 5.65 Å². The molecule has 37 heavy (non-hydrogen) atoms. The number of pyridine rings is 2. The van der Waals surface area contributed by atoms with Crippen molar-refractivity contribution >= 4 is 33.1 Å². The van der Waals surface area contributed by atoms with Gasteiger partial charge in [-0.05, 0) is 64.2 Å². The van der Waals surface area contributed by atoms with Crippen molar-refractivity contribution < 1.29 is 8.42 Å². The normalized spacial score (nSPS) is 15.3. The summed E-state index contributed by atoms with van der Waals surface area (Å²) < 4.78 is 30.1. The van der Waals surface area contributed by atoms with Crippen LogP contribution in [0.15, 0.2) is 65.7 Å². The van der Waals surface area contributed by atoms with Gasteiger partial charge in [0.1, 0.15) is 5.82 Å². The fraction of sp³-hybridized carbons (Fsp3) is 0.346. The first-order valence-electron chi connectivity index (χ1n) is 12.2. The van der Waals surface area contributed by atoms with Crippen molar-refractivity contribution in [1.82, 2.24) is 29.2 Å². The summed E-state index contributed by atoms with van der Waals surface area (Å²) in [6.07, 6.45) is 1.87. The molecule has 0 bridgehead atoms. The van der Waals surface area contributed by atoms with Crippen molar-refractivity contribution in [2.75, 3.05) is 43.4 Å². The SMILES string of the molecule is CN1CCN(c2ccc(Nc3nc4cccc(-c5cccc(S(=O)(=O)NC(C)(C)C)c5)n4n3)nc2)CC1. The Morgan fingerprint density at radius 3 is 2.41 bits per heavy atom. The molecule has 194 valence electrons. The number of hydrogen-bond acceptors (Lipinski definition) is 8. The van der Waals surface area contributed by atoms with E-state index in [2.05, 4.69) is 48.0 Å². The highest BCUT2D eigenvalue weighted by Crippen LogP contribution is 2.25. The number of likely N-dealkylation sites (N-methyl/N-ethyl adjacent to an activating group) is 1. The average Bonchev–Trinajstić information content (AvgIpc) is 3.26. The fourth-order valence-corrected chi connectivity index (χ4v) is 5.75. The maximum absolute atomic E-state index is 12.9. The molecule has 1 aliphatic heterocycles. The number of fused-ring (bicyclic) bond motifs is 1. The summed E-state index contributed by atoms with van der Waals surface area (Å²) in [5.74, 6) is 1.06. The smallest absolute Gasteiger partial charge is 0.248 e. The van der Waals surface area contributed by atoms with E-state index in [0.29, 0.717) is 23.0 Å². The minimum absolute atomic E-state index is 0.194. The molecule has 0 aliphatic carbocycles. The third kappa shape index (κ3) is 5.74. The van der Waals surface area contributed by atoms with Crippen molar-refractivity contribution in [1.29, 1.82) is 0 Å². The topological polar surface area (TPSA) is 108 Å². The Bertz CT molecular complexity index is 1500. The number of hydrogen-bond donors (Lipinski definition) is 2. The monoisotopic (exact) mass is 520 g/mol. The van der Waals surface area contributed by atoms with E-state index in [4.69, 9.17) is 0 Å². The lowest BCUT2D eigenvalue weighted by Crippen LogP contribution is -2.44. The molecule has 1 saturated heterocycles. The van der Waals surface area contributed by atoms with E-state index in [-0.39, 0.29) is 4.90 Å². The van der Waals surface area contributed by atoms with Crippen molar-refractivity contribution in [3.8, 4) is 11.3 Å². The molecule has 10 nitrogen and oxygen atoms in total. The molecule has 5 rings (SSSR count). The summed E-state index contributed by atoms with van der Waals surface area (Å²) in [4.78, 5) is 14.0. The number of piperazine rings is 1. The van der Waals surface area contributed by atoms with Crippen molar-refractivity contribution in [2.24, 2.45) is 0 Å². The molecule has 0 amide bonds. The van der Waals surface area contributed by atoms with Gasteiger partial charge in [0, 0.05) is 37.3 Å². The lowest BCUT2D eigenvalue weighted by molar-refractivity contribution is 0.313. The molecule has 2 N–H and O–H groups in total. The molecular formula is C26H32N8O2S. The largest absolute Gasteiger partial charge is 0.368 e. The summed E-state index contributed by atoms with van der Waals surface area (Å²) in [6, 6.07) is 16.4. The van der Waals surface area contributed by atoms with Crippen LogP contribution in [0.25, 0.3) is 16.9 Å². The lowest BCUT2D eigenvalue weighted by atomic mass is 10.1. The highest BCUT2D eigenvalue weighted by atomic mass is 32.2. The predicted octanol–water partition coefficient (Wildman–Crippen LogP) is 3.36. The summed E-state index contributed by atoms with van der Waals surface area (Å²) in [6.45, 7) is 9.48. The average molecular weight is 521 g/mol. The Morgan fingerprint density at radius 2 is 1.70 bits per heavy atom. The molecule has 1 fully saturated rings. The second kappa shape index (κ2) is 9.73. The standard InChI is InChI=1S/C26H32N8O2S/c1-26(2,3)31-37(35,36)21-8-5-7-19(17-21)22-9-6-10-24-29-25(30-34(22)24)28-23-12-11-20(18-27-23)33-15-13-32(4)14-16-33/h5-12,17-18,31H,13-16H2,1-4H3,(H,27,28,30). The minimum atomic E-state index is -3.67. The highest BCUT2D eigenvalue weighted by Gasteiger charge is 2.22. The van der Waals surface area contributed by atoms with E-state index in [1.54, 1.807) is 22.7 Å². The van der Waals surface area contributed by atoms with Gasteiger partial charge in [0.2, 0.25) is 16.0 Å². The van der Waals surface area contributed by atoms with E-state index in [0.717, 1.165) is 37.6 Å². The molecule has 0 radical (unpaired) electrons. The van der Waals surface area contributed by atoms with Gasteiger partial charge < -0.3 is 15.1 Å². The van der Waals surface area contributed by atoms with Crippen LogP contribution in [0.1, 0.15) is 20.8 Å². The maximum atomic E-state index is 12.9. The van der Waals surface area contributed by atoms with Crippen LogP contribution in [0.5, 0.6) is 0 Å².